The summed E-state index contributed by atoms with van der Waals surface area (Å²) in [7, 11) is 0. The van der Waals surface area contributed by atoms with Crippen LogP contribution in [0.5, 0.6) is 0 Å². The van der Waals surface area contributed by atoms with Gasteiger partial charge >= 0.3 is 5.97 Å². The Morgan fingerprint density at radius 3 is 2.64 bits per heavy atom. The number of esters is 1. The first kappa shape index (κ1) is 16.7. The highest BCUT2D eigenvalue weighted by atomic mass is 79.9. The molecule has 4 heteroatoms. The number of carbonyl (C=O) groups excluding carboxylic acids is 1. The molecule has 0 saturated carbocycles. The van der Waals surface area contributed by atoms with Gasteiger partial charge in [-0.25, -0.2) is 4.79 Å². The Hall–Kier alpha value is -1.65. The van der Waals surface area contributed by atoms with Crippen LogP contribution in [0, 0.1) is 0 Å². The van der Waals surface area contributed by atoms with Gasteiger partial charge < -0.3 is 10.1 Å². The Labute approximate surface area is 139 Å². The predicted octanol–water partition coefficient (Wildman–Crippen LogP) is 4.48. The molecule has 0 aliphatic rings. The summed E-state index contributed by atoms with van der Waals surface area (Å²) in [5.74, 6) is -0.274. The molecular weight excluding hydrogens is 342 g/mol. The molecule has 0 aromatic heterocycles. The van der Waals surface area contributed by atoms with E-state index in [2.05, 4.69) is 40.3 Å². The van der Waals surface area contributed by atoms with E-state index in [1.807, 2.05) is 37.3 Å². The van der Waals surface area contributed by atoms with Gasteiger partial charge in [0.05, 0.1) is 12.2 Å². The maximum Gasteiger partial charge on any atom is 0.338 e. The molecule has 116 valence electrons. The topological polar surface area (TPSA) is 38.3 Å². The Balaban J connectivity index is 2.00. The van der Waals surface area contributed by atoms with Crippen molar-refractivity contribution in [1.29, 1.82) is 0 Å². The summed E-state index contributed by atoms with van der Waals surface area (Å²) >= 11 is 3.43. The van der Waals surface area contributed by atoms with Crippen LogP contribution in [-0.4, -0.2) is 12.6 Å². The van der Waals surface area contributed by atoms with Gasteiger partial charge in [-0.3, -0.25) is 0 Å². The van der Waals surface area contributed by atoms with Crippen LogP contribution in [0.25, 0.3) is 0 Å². The molecule has 2 aromatic rings. The molecule has 0 fully saturated rings. The molecule has 0 spiro atoms. The number of hydrogen-bond acceptors (Lipinski definition) is 3. The Morgan fingerprint density at radius 1 is 1.23 bits per heavy atom. The average molecular weight is 362 g/mol. The summed E-state index contributed by atoms with van der Waals surface area (Å²) in [5, 5.41) is 3.47. The van der Waals surface area contributed by atoms with Crippen LogP contribution < -0.4 is 5.32 Å². The van der Waals surface area contributed by atoms with E-state index in [9.17, 15) is 4.79 Å². The van der Waals surface area contributed by atoms with E-state index in [4.69, 9.17) is 4.74 Å². The van der Waals surface area contributed by atoms with Gasteiger partial charge in [-0.15, -0.1) is 0 Å². The van der Waals surface area contributed by atoms with Crippen LogP contribution in [0.3, 0.4) is 0 Å². The minimum Gasteiger partial charge on any atom is -0.462 e. The lowest BCUT2D eigenvalue weighted by molar-refractivity contribution is 0.0526. The highest BCUT2D eigenvalue weighted by molar-refractivity contribution is 9.10. The minimum absolute atomic E-state index is 0.151. The second kappa shape index (κ2) is 8.11. The van der Waals surface area contributed by atoms with Crippen molar-refractivity contribution in [3.8, 4) is 0 Å². The zero-order valence-corrected chi connectivity index (χ0v) is 14.4. The predicted molar refractivity (Wildman–Crippen MR) is 91.8 cm³/mol. The molecule has 0 aliphatic carbocycles. The van der Waals surface area contributed by atoms with E-state index < -0.39 is 0 Å². The van der Waals surface area contributed by atoms with Crippen LogP contribution in [-0.2, 0) is 11.3 Å². The standard InChI is InChI=1S/C18H20BrNO2/c1-3-22-18(21)16-6-4-5-15(11-16)13(2)20-12-14-7-9-17(19)10-8-14/h4-11,13,20H,3,12H2,1-2H3. The van der Waals surface area contributed by atoms with Crippen molar-refractivity contribution in [3.63, 3.8) is 0 Å². The highest BCUT2D eigenvalue weighted by Crippen LogP contribution is 2.16. The summed E-state index contributed by atoms with van der Waals surface area (Å²) in [4.78, 5) is 11.8. The monoisotopic (exact) mass is 361 g/mol. The summed E-state index contributed by atoms with van der Waals surface area (Å²) < 4.78 is 6.11. The van der Waals surface area contributed by atoms with Crippen molar-refractivity contribution in [3.05, 3.63) is 69.7 Å². The second-order valence-electron chi connectivity index (χ2n) is 5.07. The van der Waals surface area contributed by atoms with Gasteiger partial charge in [-0.2, -0.15) is 0 Å². The van der Waals surface area contributed by atoms with Crippen molar-refractivity contribution in [2.45, 2.75) is 26.4 Å². The normalized spacial score (nSPS) is 12.0. The van der Waals surface area contributed by atoms with Crippen LogP contribution in [0.15, 0.2) is 53.0 Å². The number of rotatable bonds is 6. The van der Waals surface area contributed by atoms with Crippen LogP contribution in [0.2, 0.25) is 0 Å². The molecule has 0 amide bonds. The van der Waals surface area contributed by atoms with Crippen molar-refractivity contribution in [2.75, 3.05) is 6.61 Å². The Bertz CT molecular complexity index is 625. The van der Waals surface area contributed by atoms with Gasteiger partial charge in [0.2, 0.25) is 0 Å². The third-order valence-electron chi connectivity index (χ3n) is 3.42. The average Bonchev–Trinajstić information content (AvgIpc) is 2.54. The lowest BCUT2D eigenvalue weighted by Gasteiger charge is -2.15. The van der Waals surface area contributed by atoms with E-state index in [1.165, 1.54) is 5.56 Å². The fourth-order valence-electron chi connectivity index (χ4n) is 2.14. The van der Waals surface area contributed by atoms with E-state index in [0.29, 0.717) is 12.2 Å². The quantitative estimate of drug-likeness (QED) is 0.771. The maximum atomic E-state index is 11.8. The van der Waals surface area contributed by atoms with Gasteiger partial charge in [0, 0.05) is 17.1 Å². The molecule has 1 atom stereocenters. The van der Waals surface area contributed by atoms with Crippen molar-refractivity contribution in [1.82, 2.24) is 5.32 Å². The van der Waals surface area contributed by atoms with Crippen molar-refractivity contribution in [2.24, 2.45) is 0 Å². The zero-order chi connectivity index (χ0) is 15.9. The first-order valence-corrected chi connectivity index (χ1v) is 8.14. The molecule has 0 bridgehead atoms. The van der Waals surface area contributed by atoms with E-state index >= 15 is 0 Å². The number of carbonyl (C=O) groups is 1. The summed E-state index contributed by atoms with van der Waals surface area (Å²) in [5.41, 5.74) is 2.89. The smallest absolute Gasteiger partial charge is 0.338 e. The minimum atomic E-state index is -0.274. The summed E-state index contributed by atoms with van der Waals surface area (Å²) in [6.07, 6.45) is 0. The Kier molecular flexibility index (Phi) is 6.16. The Morgan fingerprint density at radius 2 is 1.95 bits per heavy atom. The van der Waals surface area contributed by atoms with Gasteiger partial charge in [0.1, 0.15) is 0 Å². The lowest BCUT2D eigenvalue weighted by Crippen LogP contribution is -2.18. The third-order valence-corrected chi connectivity index (χ3v) is 3.95. The fourth-order valence-corrected chi connectivity index (χ4v) is 2.40. The second-order valence-corrected chi connectivity index (χ2v) is 5.99. The summed E-state index contributed by atoms with van der Waals surface area (Å²) in [6.45, 7) is 5.06. The fraction of sp³-hybridized carbons (Fsp3) is 0.278. The molecule has 1 N–H and O–H groups in total. The first-order valence-electron chi connectivity index (χ1n) is 7.35. The van der Waals surface area contributed by atoms with E-state index in [1.54, 1.807) is 6.07 Å². The number of nitrogens with one attached hydrogen (secondary N) is 1. The molecular formula is C18H20BrNO2. The SMILES string of the molecule is CCOC(=O)c1cccc(C(C)NCc2ccc(Br)cc2)c1. The number of halogens is 1. The first-order chi connectivity index (χ1) is 10.6. The van der Waals surface area contributed by atoms with Gasteiger partial charge in [0.25, 0.3) is 0 Å². The molecule has 2 aromatic carbocycles. The third kappa shape index (κ3) is 4.68. The van der Waals surface area contributed by atoms with E-state index in [-0.39, 0.29) is 12.0 Å². The number of ether oxygens (including phenoxy) is 1. The van der Waals surface area contributed by atoms with Crippen LogP contribution in [0.1, 0.15) is 41.4 Å². The van der Waals surface area contributed by atoms with Gasteiger partial charge in [-0.1, -0.05) is 40.2 Å². The van der Waals surface area contributed by atoms with Gasteiger partial charge in [-0.05, 0) is 49.2 Å². The van der Waals surface area contributed by atoms with Crippen molar-refractivity contribution >= 4 is 21.9 Å². The molecule has 0 radical (unpaired) electrons. The van der Waals surface area contributed by atoms with Crippen molar-refractivity contribution < 1.29 is 9.53 Å². The van der Waals surface area contributed by atoms with Crippen LogP contribution in [0.4, 0.5) is 0 Å². The highest BCUT2D eigenvalue weighted by Gasteiger charge is 2.10. The molecule has 1 unspecified atom stereocenters. The molecule has 2 rings (SSSR count). The van der Waals surface area contributed by atoms with E-state index in [0.717, 1.165) is 16.6 Å². The summed E-state index contributed by atoms with van der Waals surface area (Å²) in [6, 6.07) is 15.9. The molecule has 0 aliphatic heterocycles. The molecule has 22 heavy (non-hydrogen) atoms. The molecule has 0 saturated heterocycles. The largest absolute Gasteiger partial charge is 0.462 e. The number of benzene rings is 2. The maximum absolute atomic E-state index is 11.8. The number of hydrogen-bond donors (Lipinski definition) is 1. The van der Waals surface area contributed by atoms with Gasteiger partial charge in [0.15, 0.2) is 0 Å². The molecule has 3 nitrogen and oxygen atoms in total. The van der Waals surface area contributed by atoms with Crippen LogP contribution >= 0.6 is 15.9 Å². The lowest BCUT2D eigenvalue weighted by atomic mass is 10.0. The zero-order valence-electron chi connectivity index (χ0n) is 12.8. The molecule has 0 heterocycles.